The maximum atomic E-state index is 13.3. The molecule has 19 heteroatoms. The van der Waals surface area contributed by atoms with Gasteiger partial charge in [0.25, 0.3) is 11.8 Å². The lowest BCUT2D eigenvalue weighted by Gasteiger charge is -2.49. The second-order valence-electron chi connectivity index (χ2n) is 10.2. The van der Waals surface area contributed by atoms with Gasteiger partial charge in [-0.25, -0.2) is 19.6 Å². The number of nitrogens with zero attached hydrogens (tertiary/aromatic N) is 5. The highest BCUT2D eigenvalue weighted by atomic mass is 32.2. The molecule has 0 aromatic carbocycles. The summed E-state index contributed by atoms with van der Waals surface area (Å²) in [6.07, 6.45) is 0.198. The first-order valence-electron chi connectivity index (χ1n) is 13.4. The summed E-state index contributed by atoms with van der Waals surface area (Å²) >= 11 is 3.59. The maximum absolute atomic E-state index is 13.3. The highest BCUT2D eigenvalue weighted by Crippen LogP contribution is 2.41. The van der Waals surface area contributed by atoms with Crippen LogP contribution in [0.1, 0.15) is 39.8 Å². The second kappa shape index (κ2) is 13.0. The SMILES string of the molecule is CCC1=C(N)N=C(SCC2=C(C(=O)O)N3C(=O)C(NC(=O)/C(=N\OC(C)(C)C(=O)O)c4csc(N)n4)[C@@H]3SC2)N(CC)C1N. The van der Waals surface area contributed by atoms with Gasteiger partial charge in [0.1, 0.15) is 34.8 Å². The van der Waals surface area contributed by atoms with Crippen molar-refractivity contribution in [1.82, 2.24) is 20.1 Å². The largest absolute Gasteiger partial charge is 0.478 e. The number of aromatic nitrogens is 1. The summed E-state index contributed by atoms with van der Waals surface area (Å²) in [5.41, 5.74) is 17.2. The second-order valence-corrected chi connectivity index (χ2v) is 13.2. The Morgan fingerprint density at radius 1 is 1.27 bits per heavy atom. The molecule has 0 spiro atoms. The molecule has 16 nitrogen and oxygen atoms in total. The third-order valence-corrected chi connectivity index (χ3v) is 10.1. The minimum Gasteiger partial charge on any atom is -0.478 e. The Kier molecular flexibility index (Phi) is 9.81. The molecule has 1 saturated heterocycles. The third-order valence-electron chi connectivity index (χ3n) is 6.98. The average Bonchev–Trinajstić information content (AvgIpc) is 3.39. The Morgan fingerprint density at radius 3 is 2.55 bits per heavy atom. The van der Waals surface area contributed by atoms with Crippen LogP contribution in [-0.2, 0) is 24.0 Å². The van der Waals surface area contributed by atoms with E-state index in [0.717, 1.165) is 21.8 Å². The first-order chi connectivity index (χ1) is 20.7. The molecule has 1 aromatic rings. The van der Waals surface area contributed by atoms with Crippen molar-refractivity contribution in [3.8, 4) is 0 Å². The summed E-state index contributed by atoms with van der Waals surface area (Å²) < 4.78 is 0. The zero-order chi connectivity index (χ0) is 32.5. The van der Waals surface area contributed by atoms with Gasteiger partial charge in [-0.15, -0.1) is 23.1 Å². The number of aliphatic carboxylic acids is 2. The van der Waals surface area contributed by atoms with E-state index in [2.05, 4.69) is 20.4 Å². The summed E-state index contributed by atoms with van der Waals surface area (Å²) in [4.78, 5) is 67.0. The highest BCUT2D eigenvalue weighted by molar-refractivity contribution is 8.14. The topological polar surface area (TPSA) is 252 Å². The van der Waals surface area contributed by atoms with Crippen molar-refractivity contribution in [1.29, 1.82) is 0 Å². The number of nitrogen functional groups attached to an aromatic ring is 1. The van der Waals surface area contributed by atoms with E-state index in [-0.39, 0.29) is 28.0 Å². The molecular formula is C25H33N9O7S3. The number of amidine groups is 1. The Morgan fingerprint density at radius 2 is 1.98 bits per heavy atom. The van der Waals surface area contributed by atoms with Crippen LogP contribution in [0.2, 0.25) is 0 Å². The van der Waals surface area contributed by atoms with Crippen molar-refractivity contribution in [2.75, 3.05) is 23.8 Å². The lowest BCUT2D eigenvalue weighted by atomic mass is 10.0. The first-order valence-corrected chi connectivity index (χ1v) is 16.3. The molecule has 238 valence electrons. The number of β-lactam (4-membered cyclic amide) rings is 1. The Balaban J connectivity index is 1.52. The van der Waals surface area contributed by atoms with Crippen molar-refractivity contribution in [2.45, 2.75) is 57.3 Å². The van der Waals surface area contributed by atoms with Crippen LogP contribution in [0.25, 0.3) is 0 Å². The number of hydrogen-bond acceptors (Lipinski definition) is 15. The van der Waals surface area contributed by atoms with Crippen molar-refractivity contribution < 1.29 is 34.2 Å². The van der Waals surface area contributed by atoms with Crippen LogP contribution in [-0.4, -0.2) is 101 Å². The zero-order valence-electron chi connectivity index (χ0n) is 24.3. The molecule has 1 fully saturated rings. The molecule has 3 aliphatic rings. The number of carbonyl (C=O) groups excluding carboxylic acids is 2. The minimum absolute atomic E-state index is 0.0181. The fraction of sp³-hybridized carbons (Fsp3) is 0.480. The minimum atomic E-state index is -1.77. The van der Waals surface area contributed by atoms with Gasteiger partial charge in [-0.1, -0.05) is 23.8 Å². The van der Waals surface area contributed by atoms with Crippen LogP contribution in [0.5, 0.6) is 0 Å². The van der Waals surface area contributed by atoms with Crippen LogP contribution in [0.15, 0.2) is 38.2 Å². The number of aliphatic imine (C=N–C) groups is 1. The number of fused-ring (bicyclic) bond motifs is 1. The molecule has 1 aromatic heterocycles. The van der Waals surface area contributed by atoms with Gasteiger partial charge in [0, 0.05) is 29.0 Å². The summed E-state index contributed by atoms with van der Waals surface area (Å²) in [6.45, 7) is 6.93. The molecule has 0 saturated carbocycles. The predicted molar refractivity (Wildman–Crippen MR) is 167 cm³/mol. The van der Waals surface area contributed by atoms with Crippen LogP contribution in [0.4, 0.5) is 5.13 Å². The van der Waals surface area contributed by atoms with E-state index in [9.17, 15) is 29.4 Å². The smallest absolute Gasteiger partial charge is 0.352 e. The number of amides is 2. The number of carboxylic acids is 2. The Hall–Kier alpha value is -3.81. The molecule has 2 unspecified atom stereocenters. The predicted octanol–water partition coefficient (Wildman–Crippen LogP) is 0.338. The number of nitrogens with one attached hydrogen (secondary N) is 1. The van der Waals surface area contributed by atoms with Crippen molar-refractivity contribution in [3.63, 3.8) is 0 Å². The summed E-state index contributed by atoms with van der Waals surface area (Å²) in [6, 6.07) is -1.08. The highest BCUT2D eigenvalue weighted by Gasteiger charge is 2.54. The van der Waals surface area contributed by atoms with Gasteiger partial charge in [0.15, 0.2) is 16.0 Å². The summed E-state index contributed by atoms with van der Waals surface area (Å²) in [5, 5.41) is 27.1. The van der Waals surface area contributed by atoms with Crippen molar-refractivity contribution in [3.05, 3.63) is 33.7 Å². The third kappa shape index (κ3) is 6.35. The molecule has 0 bridgehead atoms. The van der Waals surface area contributed by atoms with E-state index in [1.807, 2.05) is 18.7 Å². The quantitative estimate of drug-likeness (QED) is 0.106. The molecule has 2 amide bonds. The van der Waals surface area contributed by atoms with Crippen molar-refractivity contribution >= 4 is 74.6 Å². The number of rotatable bonds is 11. The van der Waals surface area contributed by atoms with E-state index in [1.54, 1.807) is 0 Å². The molecule has 44 heavy (non-hydrogen) atoms. The van der Waals surface area contributed by atoms with E-state index >= 15 is 0 Å². The van der Waals surface area contributed by atoms with Gasteiger partial charge < -0.3 is 42.5 Å². The number of oxime groups is 1. The standard InChI is InChI=1S/C25H33N9O7S3/c1-5-11-16(26)31-24(33(6-2)17(11)27)44-8-10-7-42-20-14(19(36)34(20)15(10)21(37)38)30-18(35)13(12-9-43-23(28)29-12)32-41-25(3,4)22(39)40/h9,14,17,20H,5-8,26-27H2,1-4H3,(H2,28,29)(H,30,35)(H,37,38)(H,39,40)/b32-13-/t14?,17?,20-/m0/s1. The number of thiazole rings is 1. The average molecular weight is 668 g/mol. The fourth-order valence-corrected chi connectivity index (χ4v) is 7.63. The Labute approximate surface area is 264 Å². The molecule has 9 N–H and O–H groups in total. The molecule has 4 rings (SSSR count). The molecule has 0 aliphatic carbocycles. The van der Waals surface area contributed by atoms with E-state index in [0.29, 0.717) is 29.5 Å². The molecular weight excluding hydrogens is 635 g/mol. The lowest BCUT2D eigenvalue weighted by Crippen LogP contribution is -2.71. The van der Waals surface area contributed by atoms with E-state index in [1.165, 1.54) is 42.8 Å². The molecule has 3 aliphatic heterocycles. The number of carboxylic acid groups (broad SMARTS) is 2. The van der Waals surface area contributed by atoms with Gasteiger partial charge in [0.05, 0.1) is 0 Å². The van der Waals surface area contributed by atoms with Gasteiger partial charge in [-0.05, 0) is 32.8 Å². The van der Waals surface area contributed by atoms with Gasteiger partial charge >= 0.3 is 11.9 Å². The summed E-state index contributed by atoms with van der Waals surface area (Å²) in [7, 11) is 0. The normalized spacial score (nSPS) is 22.4. The van der Waals surface area contributed by atoms with Gasteiger partial charge in [-0.3, -0.25) is 14.5 Å². The zero-order valence-corrected chi connectivity index (χ0v) is 26.7. The molecule has 3 atom stereocenters. The number of anilines is 1. The monoisotopic (exact) mass is 667 g/mol. The van der Waals surface area contributed by atoms with Crippen LogP contribution in [0.3, 0.4) is 0 Å². The van der Waals surface area contributed by atoms with Gasteiger partial charge in [-0.2, -0.15) is 0 Å². The molecule has 0 radical (unpaired) electrons. The number of hydrogen-bond donors (Lipinski definition) is 6. The number of thioether (sulfide) groups is 2. The number of carbonyl (C=O) groups is 4. The maximum Gasteiger partial charge on any atom is 0.352 e. The van der Waals surface area contributed by atoms with Crippen molar-refractivity contribution in [2.24, 2.45) is 21.6 Å². The van der Waals surface area contributed by atoms with E-state index in [4.69, 9.17) is 22.0 Å². The Bertz CT molecular complexity index is 1500. The van der Waals surface area contributed by atoms with E-state index < -0.39 is 52.6 Å². The number of likely N-dealkylation sites (N-methyl/N-ethyl adjacent to an activating group) is 1. The fourth-order valence-electron chi connectivity index (χ4n) is 4.49. The van der Waals surface area contributed by atoms with Crippen LogP contribution >= 0.6 is 34.9 Å². The molecule has 4 heterocycles. The lowest BCUT2D eigenvalue weighted by molar-refractivity contribution is -0.161. The van der Waals surface area contributed by atoms with Crippen LogP contribution in [0, 0.1) is 0 Å². The number of nitrogens with two attached hydrogens (primary N) is 3. The summed E-state index contributed by atoms with van der Waals surface area (Å²) in [5.74, 6) is -3.28. The first kappa shape index (κ1) is 33.1. The van der Waals surface area contributed by atoms with Gasteiger partial charge in [0.2, 0.25) is 5.60 Å². The van der Waals surface area contributed by atoms with Crippen LogP contribution < -0.4 is 22.5 Å².